The molecule has 0 saturated heterocycles. The lowest BCUT2D eigenvalue weighted by molar-refractivity contribution is -0.131. The lowest BCUT2D eigenvalue weighted by atomic mass is 9.53. The van der Waals surface area contributed by atoms with Crippen molar-refractivity contribution in [2.45, 2.75) is 64.7 Å². The summed E-state index contributed by atoms with van der Waals surface area (Å²) in [5, 5.41) is 0. The van der Waals surface area contributed by atoms with Gasteiger partial charge in [-0.3, -0.25) is 4.79 Å². The second-order valence-electron chi connectivity index (χ2n) is 8.16. The van der Waals surface area contributed by atoms with E-state index in [1.807, 2.05) is 0 Å². The standard InChI is InChI=1S/C21H30O3/c1-4-21-10-9-14-15(17(21)7-8-20(21)22)6-5-13-11-18(23-2)19(24-3)12-16(13)14/h14-15,17H,4-12H2,1-3H3/t14-,15+,17-,21-/m0/s1. The maximum Gasteiger partial charge on any atom is 0.139 e. The van der Waals surface area contributed by atoms with E-state index >= 15 is 0 Å². The Bertz CT molecular complexity index is 615. The van der Waals surface area contributed by atoms with Crippen LogP contribution in [0.25, 0.3) is 0 Å². The lowest BCUT2D eigenvalue weighted by Crippen LogP contribution is -2.45. The van der Waals surface area contributed by atoms with Gasteiger partial charge >= 0.3 is 0 Å². The Morgan fingerprint density at radius 2 is 1.79 bits per heavy atom. The predicted molar refractivity (Wildman–Crippen MR) is 93.2 cm³/mol. The summed E-state index contributed by atoms with van der Waals surface area (Å²) in [6.07, 6.45) is 9.61. The van der Waals surface area contributed by atoms with Crippen molar-refractivity contribution in [2.24, 2.45) is 23.2 Å². The molecule has 0 amide bonds. The van der Waals surface area contributed by atoms with Crippen LogP contribution >= 0.6 is 0 Å². The fraction of sp³-hybridized carbons (Fsp3) is 0.762. The van der Waals surface area contributed by atoms with Crippen molar-refractivity contribution < 1.29 is 14.3 Å². The Kier molecular flexibility index (Phi) is 4.01. The number of rotatable bonds is 3. The van der Waals surface area contributed by atoms with Crippen molar-refractivity contribution in [1.82, 2.24) is 0 Å². The van der Waals surface area contributed by atoms with Crippen molar-refractivity contribution in [3.05, 3.63) is 22.7 Å². The van der Waals surface area contributed by atoms with Gasteiger partial charge in [0.05, 0.1) is 14.2 Å². The highest BCUT2D eigenvalue weighted by Gasteiger charge is 2.56. The number of carbonyl (C=O) groups excluding carboxylic acids is 1. The van der Waals surface area contributed by atoms with Gasteiger partial charge in [0.2, 0.25) is 0 Å². The molecule has 0 N–H and O–H groups in total. The van der Waals surface area contributed by atoms with E-state index in [2.05, 4.69) is 6.92 Å². The van der Waals surface area contributed by atoms with Crippen LogP contribution in [0.3, 0.4) is 0 Å². The molecule has 3 nitrogen and oxygen atoms in total. The highest BCUT2D eigenvalue weighted by atomic mass is 16.5. The Hall–Kier alpha value is -1.25. The lowest BCUT2D eigenvalue weighted by Gasteiger charge is -2.50. The molecule has 0 aromatic carbocycles. The second kappa shape index (κ2) is 5.93. The van der Waals surface area contributed by atoms with Crippen molar-refractivity contribution in [2.75, 3.05) is 14.2 Å². The summed E-state index contributed by atoms with van der Waals surface area (Å²) in [5.74, 6) is 4.62. The Balaban J connectivity index is 1.64. The number of fused-ring (bicyclic) bond motifs is 4. The summed E-state index contributed by atoms with van der Waals surface area (Å²) >= 11 is 0. The van der Waals surface area contributed by atoms with Crippen LogP contribution in [0, 0.1) is 23.2 Å². The Morgan fingerprint density at radius 1 is 1.04 bits per heavy atom. The SMILES string of the molecule is CC[C@]12CC[C@@H]3C4=C(CC[C@H]3[C@@H]1CCC2=O)CC(OC)=C(OC)C4. The normalized spacial score (nSPS) is 38.6. The number of ketones is 1. The number of Topliss-reactive ketones (excluding diaryl/α,β-unsaturated/α-hetero) is 1. The topological polar surface area (TPSA) is 35.5 Å². The Morgan fingerprint density at radius 3 is 2.50 bits per heavy atom. The average molecular weight is 330 g/mol. The highest BCUT2D eigenvalue weighted by Crippen LogP contribution is 2.61. The smallest absolute Gasteiger partial charge is 0.139 e. The number of allylic oxidation sites excluding steroid dienone is 2. The van der Waals surface area contributed by atoms with E-state index in [1.165, 1.54) is 19.3 Å². The molecular weight excluding hydrogens is 300 g/mol. The number of ether oxygens (including phenoxy) is 2. The van der Waals surface area contributed by atoms with Crippen molar-refractivity contribution in [3.63, 3.8) is 0 Å². The maximum atomic E-state index is 12.6. The largest absolute Gasteiger partial charge is 0.497 e. The van der Waals surface area contributed by atoms with Gasteiger partial charge in [0.15, 0.2) is 0 Å². The van der Waals surface area contributed by atoms with Crippen LogP contribution in [0.5, 0.6) is 0 Å². The van der Waals surface area contributed by atoms with Gasteiger partial charge in [-0.25, -0.2) is 0 Å². The van der Waals surface area contributed by atoms with E-state index in [-0.39, 0.29) is 5.41 Å². The van der Waals surface area contributed by atoms with Gasteiger partial charge in [0.1, 0.15) is 17.3 Å². The van der Waals surface area contributed by atoms with Crippen molar-refractivity contribution >= 4 is 5.78 Å². The molecule has 2 saturated carbocycles. The zero-order valence-electron chi connectivity index (χ0n) is 15.3. The monoisotopic (exact) mass is 330 g/mol. The number of hydrogen-bond donors (Lipinski definition) is 0. The fourth-order valence-corrected chi connectivity index (χ4v) is 6.50. The summed E-state index contributed by atoms with van der Waals surface area (Å²) in [7, 11) is 3.52. The quantitative estimate of drug-likeness (QED) is 0.699. The van der Waals surface area contributed by atoms with E-state index in [4.69, 9.17) is 9.47 Å². The Labute approximate surface area is 145 Å². The van der Waals surface area contributed by atoms with E-state index in [9.17, 15) is 4.79 Å². The molecule has 4 atom stereocenters. The fourth-order valence-electron chi connectivity index (χ4n) is 6.50. The molecule has 0 spiro atoms. The molecule has 2 fully saturated rings. The minimum absolute atomic E-state index is 0.0194. The zero-order chi connectivity index (χ0) is 16.9. The molecule has 0 radical (unpaired) electrons. The molecule has 0 aromatic rings. The third kappa shape index (κ3) is 2.12. The molecule has 24 heavy (non-hydrogen) atoms. The maximum absolute atomic E-state index is 12.6. The molecule has 4 aliphatic carbocycles. The number of carbonyl (C=O) groups is 1. The third-order valence-corrected chi connectivity index (χ3v) is 7.72. The summed E-state index contributed by atoms with van der Waals surface area (Å²) in [6.45, 7) is 2.24. The summed E-state index contributed by atoms with van der Waals surface area (Å²) < 4.78 is 11.2. The average Bonchev–Trinajstić information content (AvgIpc) is 2.97. The van der Waals surface area contributed by atoms with Crippen molar-refractivity contribution in [3.8, 4) is 0 Å². The first-order chi connectivity index (χ1) is 11.6. The van der Waals surface area contributed by atoms with Crippen LogP contribution < -0.4 is 0 Å². The molecule has 0 aromatic heterocycles. The molecule has 132 valence electrons. The predicted octanol–water partition coefficient (Wildman–Crippen LogP) is 4.78. The van der Waals surface area contributed by atoms with Gasteiger partial charge in [0, 0.05) is 24.7 Å². The first-order valence-electron chi connectivity index (χ1n) is 9.68. The van der Waals surface area contributed by atoms with Gasteiger partial charge in [-0.15, -0.1) is 0 Å². The van der Waals surface area contributed by atoms with Crippen LogP contribution in [0.15, 0.2) is 22.7 Å². The van der Waals surface area contributed by atoms with Crippen LogP contribution in [0.4, 0.5) is 0 Å². The summed E-state index contributed by atoms with van der Waals surface area (Å²) in [6, 6.07) is 0. The van der Waals surface area contributed by atoms with Crippen LogP contribution in [-0.2, 0) is 14.3 Å². The van der Waals surface area contributed by atoms with Gasteiger partial charge in [-0.1, -0.05) is 18.1 Å². The van der Waals surface area contributed by atoms with Crippen LogP contribution in [0.1, 0.15) is 64.7 Å². The molecule has 0 heterocycles. The van der Waals surface area contributed by atoms with Gasteiger partial charge < -0.3 is 9.47 Å². The van der Waals surface area contributed by atoms with Crippen molar-refractivity contribution in [1.29, 1.82) is 0 Å². The van der Waals surface area contributed by atoms with Crippen LogP contribution in [-0.4, -0.2) is 20.0 Å². The molecule has 0 unspecified atom stereocenters. The minimum atomic E-state index is 0.0194. The summed E-state index contributed by atoms with van der Waals surface area (Å²) in [5.41, 5.74) is 3.25. The van der Waals surface area contributed by atoms with E-state index in [0.717, 1.165) is 50.0 Å². The molecular formula is C21H30O3. The van der Waals surface area contributed by atoms with E-state index in [0.29, 0.717) is 23.5 Å². The van der Waals surface area contributed by atoms with Gasteiger partial charge in [0.25, 0.3) is 0 Å². The summed E-state index contributed by atoms with van der Waals surface area (Å²) in [4.78, 5) is 12.6. The molecule has 3 heteroatoms. The first kappa shape index (κ1) is 16.2. The molecule has 4 aliphatic rings. The zero-order valence-corrected chi connectivity index (χ0v) is 15.3. The van der Waals surface area contributed by atoms with E-state index in [1.54, 1.807) is 25.4 Å². The second-order valence-corrected chi connectivity index (χ2v) is 8.16. The first-order valence-corrected chi connectivity index (χ1v) is 9.68. The van der Waals surface area contributed by atoms with Crippen LogP contribution in [0.2, 0.25) is 0 Å². The minimum Gasteiger partial charge on any atom is -0.497 e. The number of methoxy groups -OCH3 is 2. The molecule has 4 rings (SSSR count). The highest BCUT2D eigenvalue weighted by molar-refractivity contribution is 5.87. The molecule has 0 bridgehead atoms. The molecule has 0 aliphatic heterocycles. The van der Waals surface area contributed by atoms with Gasteiger partial charge in [-0.05, 0) is 56.3 Å². The van der Waals surface area contributed by atoms with Gasteiger partial charge in [-0.2, -0.15) is 0 Å². The third-order valence-electron chi connectivity index (χ3n) is 7.72. The number of hydrogen-bond acceptors (Lipinski definition) is 3. The van der Waals surface area contributed by atoms with E-state index < -0.39 is 0 Å².